The number of aromatic nitrogens is 1. The smallest absolute Gasteiger partial charge is 0.223 e. The SMILES string of the molecule is CCC1CC2CC(C2)N1C(=O)CC(C)c1c[nH]c2c1=CCCC=2. The fraction of sp³-hybridized carbons (Fsp3) is 0.650. The van der Waals surface area contributed by atoms with E-state index >= 15 is 0 Å². The molecular weight excluding hydrogens is 284 g/mol. The predicted molar refractivity (Wildman–Crippen MR) is 93.3 cm³/mol. The molecule has 1 amide bonds. The topological polar surface area (TPSA) is 36.1 Å². The minimum absolute atomic E-state index is 0.292. The molecule has 124 valence electrons. The van der Waals surface area contributed by atoms with Gasteiger partial charge in [-0.1, -0.05) is 26.0 Å². The molecule has 2 saturated heterocycles. The van der Waals surface area contributed by atoms with Gasteiger partial charge in [0, 0.05) is 30.1 Å². The summed E-state index contributed by atoms with van der Waals surface area (Å²) in [5.41, 5.74) is 1.32. The standard InChI is InChI=1S/C20H28N2O/c1-3-15-9-14-10-16(11-14)22(15)20(23)8-13(2)18-12-21-19-7-5-4-6-17(18)19/h6-7,12-16,21H,3-5,8-11H2,1-2H3. The zero-order chi connectivity index (χ0) is 16.0. The van der Waals surface area contributed by atoms with E-state index in [0.717, 1.165) is 25.2 Å². The first-order chi connectivity index (χ1) is 11.2. The average Bonchev–Trinajstić information content (AvgIpc) is 2.97. The molecule has 3 fully saturated rings. The van der Waals surface area contributed by atoms with Crippen LogP contribution in [0.5, 0.6) is 0 Å². The van der Waals surface area contributed by atoms with Crippen LogP contribution in [0.3, 0.4) is 0 Å². The second-order valence-electron chi connectivity index (χ2n) is 7.75. The maximum absolute atomic E-state index is 13.0. The van der Waals surface area contributed by atoms with E-state index in [1.807, 2.05) is 0 Å². The molecule has 23 heavy (non-hydrogen) atoms. The first kappa shape index (κ1) is 15.0. The van der Waals surface area contributed by atoms with Gasteiger partial charge >= 0.3 is 0 Å². The van der Waals surface area contributed by atoms with Crippen LogP contribution in [0.15, 0.2) is 6.20 Å². The van der Waals surface area contributed by atoms with E-state index in [-0.39, 0.29) is 0 Å². The molecule has 2 atom stereocenters. The zero-order valence-electron chi connectivity index (χ0n) is 14.3. The normalized spacial score (nSPS) is 29.8. The largest absolute Gasteiger partial charge is 0.361 e. The van der Waals surface area contributed by atoms with Crippen molar-refractivity contribution in [3.05, 3.63) is 22.3 Å². The summed E-state index contributed by atoms with van der Waals surface area (Å²) in [7, 11) is 0. The van der Waals surface area contributed by atoms with E-state index < -0.39 is 0 Å². The number of carbonyl (C=O) groups is 1. The second-order valence-corrected chi connectivity index (χ2v) is 7.75. The molecule has 3 heterocycles. The quantitative estimate of drug-likeness (QED) is 0.911. The number of piperidine rings is 2. The molecule has 2 aliphatic heterocycles. The highest BCUT2D eigenvalue weighted by Gasteiger charge is 2.45. The van der Waals surface area contributed by atoms with Crippen molar-refractivity contribution in [1.82, 2.24) is 9.88 Å². The fourth-order valence-corrected chi connectivity index (χ4v) is 4.89. The molecule has 2 unspecified atom stereocenters. The van der Waals surface area contributed by atoms with Gasteiger partial charge in [-0.05, 0) is 61.1 Å². The molecule has 1 aromatic rings. The van der Waals surface area contributed by atoms with Crippen molar-refractivity contribution >= 4 is 18.1 Å². The van der Waals surface area contributed by atoms with Crippen LogP contribution in [0.25, 0.3) is 12.2 Å². The number of nitrogens with zero attached hydrogens (tertiary/aromatic N) is 1. The summed E-state index contributed by atoms with van der Waals surface area (Å²) in [5.74, 6) is 1.57. The van der Waals surface area contributed by atoms with Gasteiger partial charge in [-0.3, -0.25) is 4.79 Å². The highest BCUT2D eigenvalue weighted by Crippen LogP contribution is 2.44. The predicted octanol–water partition coefficient (Wildman–Crippen LogP) is 2.65. The Hall–Kier alpha value is -1.51. The van der Waals surface area contributed by atoms with Gasteiger partial charge in [0.1, 0.15) is 0 Å². The van der Waals surface area contributed by atoms with Crippen LogP contribution in [0, 0.1) is 5.92 Å². The Morgan fingerprint density at radius 1 is 1.30 bits per heavy atom. The van der Waals surface area contributed by atoms with Gasteiger partial charge in [0.2, 0.25) is 5.91 Å². The van der Waals surface area contributed by atoms with E-state index in [0.29, 0.717) is 30.3 Å². The van der Waals surface area contributed by atoms with Crippen LogP contribution in [0.2, 0.25) is 0 Å². The average molecular weight is 312 g/mol. The van der Waals surface area contributed by atoms with Gasteiger partial charge in [0.25, 0.3) is 0 Å². The number of rotatable bonds is 4. The molecule has 2 aliphatic carbocycles. The summed E-state index contributed by atoms with van der Waals surface area (Å²) >= 11 is 0. The Kier molecular flexibility index (Phi) is 3.82. The lowest BCUT2D eigenvalue weighted by Gasteiger charge is -2.54. The van der Waals surface area contributed by atoms with Gasteiger partial charge < -0.3 is 9.88 Å². The number of amides is 1. The Bertz CT molecular complexity index is 710. The summed E-state index contributed by atoms with van der Waals surface area (Å²) in [6, 6.07) is 1.03. The Balaban J connectivity index is 1.51. The number of carbonyl (C=O) groups excluding carboxylic acids is 1. The van der Waals surface area contributed by atoms with Crippen LogP contribution >= 0.6 is 0 Å². The molecule has 5 rings (SSSR count). The Labute approximate surface area is 138 Å². The number of hydrogen-bond donors (Lipinski definition) is 1. The summed E-state index contributed by atoms with van der Waals surface area (Å²) in [6.07, 6.45) is 14.4. The first-order valence-corrected chi connectivity index (χ1v) is 9.36. The van der Waals surface area contributed by atoms with Gasteiger partial charge in [0.05, 0.1) is 0 Å². The van der Waals surface area contributed by atoms with Gasteiger partial charge in [0.15, 0.2) is 0 Å². The van der Waals surface area contributed by atoms with Crippen molar-refractivity contribution in [2.45, 2.75) is 76.8 Å². The molecule has 1 saturated carbocycles. The van der Waals surface area contributed by atoms with Crippen molar-refractivity contribution in [1.29, 1.82) is 0 Å². The van der Waals surface area contributed by atoms with Crippen molar-refractivity contribution in [2.75, 3.05) is 0 Å². The summed E-state index contributed by atoms with van der Waals surface area (Å²) in [6.45, 7) is 4.44. The van der Waals surface area contributed by atoms with Crippen molar-refractivity contribution < 1.29 is 4.79 Å². The molecule has 3 heteroatoms. The second kappa shape index (κ2) is 5.85. The van der Waals surface area contributed by atoms with E-state index in [1.165, 1.54) is 35.4 Å². The molecule has 3 nitrogen and oxygen atoms in total. The number of H-pyrrole nitrogens is 1. The van der Waals surface area contributed by atoms with E-state index in [2.05, 4.69) is 42.1 Å². The monoisotopic (exact) mass is 312 g/mol. The molecule has 2 bridgehead atoms. The minimum atomic E-state index is 0.292. The third-order valence-electron chi connectivity index (χ3n) is 6.22. The summed E-state index contributed by atoms with van der Waals surface area (Å²) < 4.78 is 0. The Morgan fingerprint density at radius 3 is 2.87 bits per heavy atom. The van der Waals surface area contributed by atoms with Gasteiger partial charge in [-0.25, -0.2) is 0 Å². The van der Waals surface area contributed by atoms with Crippen LogP contribution < -0.4 is 10.6 Å². The number of aromatic amines is 1. The van der Waals surface area contributed by atoms with Crippen LogP contribution in [-0.2, 0) is 4.79 Å². The lowest BCUT2D eigenvalue weighted by atomic mass is 9.70. The minimum Gasteiger partial charge on any atom is -0.361 e. The lowest BCUT2D eigenvalue weighted by molar-refractivity contribution is -0.147. The molecule has 0 radical (unpaired) electrons. The molecular formula is C20H28N2O. The highest BCUT2D eigenvalue weighted by molar-refractivity contribution is 5.78. The molecule has 1 N–H and O–H groups in total. The maximum Gasteiger partial charge on any atom is 0.223 e. The zero-order valence-corrected chi connectivity index (χ0v) is 14.3. The third kappa shape index (κ3) is 2.54. The molecule has 0 spiro atoms. The van der Waals surface area contributed by atoms with Crippen molar-refractivity contribution in [3.8, 4) is 0 Å². The number of nitrogens with one attached hydrogen (secondary N) is 1. The van der Waals surface area contributed by atoms with Crippen molar-refractivity contribution in [2.24, 2.45) is 5.92 Å². The summed E-state index contributed by atoms with van der Waals surface area (Å²) in [5, 5.41) is 2.59. The highest BCUT2D eigenvalue weighted by atomic mass is 16.2. The summed E-state index contributed by atoms with van der Waals surface area (Å²) in [4.78, 5) is 18.6. The molecule has 1 aromatic heterocycles. The maximum atomic E-state index is 13.0. The van der Waals surface area contributed by atoms with Crippen LogP contribution in [0.1, 0.15) is 70.3 Å². The van der Waals surface area contributed by atoms with E-state index in [4.69, 9.17) is 0 Å². The number of hydrogen-bond acceptors (Lipinski definition) is 1. The Morgan fingerprint density at radius 2 is 2.09 bits per heavy atom. The van der Waals surface area contributed by atoms with Crippen molar-refractivity contribution in [3.63, 3.8) is 0 Å². The van der Waals surface area contributed by atoms with Crippen LogP contribution in [-0.4, -0.2) is 27.9 Å². The third-order valence-corrected chi connectivity index (χ3v) is 6.22. The van der Waals surface area contributed by atoms with Gasteiger partial charge in [-0.2, -0.15) is 0 Å². The van der Waals surface area contributed by atoms with E-state index in [9.17, 15) is 4.79 Å². The van der Waals surface area contributed by atoms with E-state index in [1.54, 1.807) is 0 Å². The lowest BCUT2D eigenvalue weighted by Crippen LogP contribution is -2.58. The molecule has 4 aliphatic rings. The molecule has 0 aromatic carbocycles. The van der Waals surface area contributed by atoms with Gasteiger partial charge in [-0.15, -0.1) is 0 Å². The van der Waals surface area contributed by atoms with Crippen LogP contribution in [0.4, 0.5) is 0 Å². The first-order valence-electron chi connectivity index (χ1n) is 9.36. The number of fused-ring (bicyclic) bond motifs is 3. The fourth-order valence-electron chi connectivity index (χ4n) is 4.89.